The van der Waals surface area contributed by atoms with Crippen molar-refractivity contribution >= 4 is 17.6 Å². The van der Waals surface area contributed by atoms with Gasteiger partial charge >= 0.3 is 5.97 Å². The summed E-state index contributed by atoms with van der Waals surface area (Å²) in [5, 5.41) is 15.9. The van der Waals surface area contributed by atoms with E-state index in [-0.39, 0.29) is 22.8 Å². The van der Waals surface area contributed by atoms with Crippen LogP contribution in [0.5, 0.6) is 5.75 Å². The number of ether oxygens (including phenoxy) is 1. The molecule has 0 spiro atoms. The molecule has 0 aliphatic rings. The number of aromatic nitrogens is 2. The zero-order chi connectivity index (χ0) is 17.2. The molecule has 1 aromatic carbocycles. The van der Waals surface area contributed by atoms with E-state index in [1.165, 1.54) is 31.5 Å². The number of amides is 1. The second-order valence-corrected chi connectivity index (χ2v) is 6.02. The van der Waals surface area contributed by atoms with Crippen LogP contribution in [0.4, 0.5) is 5.69 Å². The number of nitrogens with one attached hydrogen (secondary N) is 1. The topological polar surface area (TPSA) is 93.5 Å². The van der Waals surface area contributed by atoms with Gasteiger partial charge < -0.3 is 15.2 Å². The summed E-state index contributed by atoms with van der Waals surface area (Å²) >= 11 is 0. The Morgan fingerprint density at radius 2 is 2.00 bits per heavy atom. The number of benzene rings is 1. The third-order valence-corrected chi connectivity index (χ3v) is 3.22. The molecule has 23 heavy (non-hydrogen) atoms. The molecule has 122 valence electrons. The van der Waals surface area contributed by atoms with Crippen molar-refractivity contribution in [3.63, 3.8) is 0 Å². The van der Waals surface area contributed by atoms with Gasteiger partial charge in [-0.15, -0.1) is 0 Å². The van der Waals surface area contributed by atoms with Crippen molar-refractivity contribution in [1.29, 1.82) is 0 Å². The average molecular weight is 317 g/mol. The monoisotopic (exact) mass is 317 g/mol. The minimum absolute atomic E-state index is 0.0334. The number of nitrogens with zero attached hydrogens (tertiary/aromatic N) is 2. The molecule has 1 aromatic heterocycles. The molecule has 0 fully saturated rings. The SMILES string of the molecule is COc1cc(NC(=O)c2cnn(C(C)(C)C)c2)ccc1C(=O)O. The highest BCUT2D eigenvalue weighted by atomic mass is 16.5. The third-order valence-electron chi connectivity index (χ3n) is 3.22. The fourth-order valence-corrected chi connectivity index (χ4v) is 1.96. The third kappa shape index (κ3) is 3.68. The molecule has 2 rings (SSSR count). The van der Waals surface area contributed by atoms with E-state index in [2.05, 4.69) is 10.4 Å². The van der Waals surface area contributed by atoms with Crippen LogP contribution in [0.25, 0.3) is 0 Å². The Morgan fingerprint density at radius 1 is 1.30 bits per heavy atom. The molecule has 7 heteroatoms. The van der Waals surface area contributed by atoms with Gasteiger partial charge in [-0.05, 0) is 32.9 Å². The smallest absolute Gasteiger partial charge is 0.339 e. The largest absolute Gasteiger partial charge is 0.496 e. The fourth-order valence-electron chi connectivity index (χ4n) is 1.96. The normalized spacial score (nSPS) is 11.1. The predicted molar refractivity (Wildman–Crippen MR) is 85.1 cm³/mol. The molecule has 0 saturated heterocycles. The molecule has 7 nitrogen and oxygen atoms in total. The van der Waals surface area contributed by atoms with E-state index in [1.54, 1.807) is 10.9 Å². The number of aromatic carboxylic acids is 1. The van der Waals surface area contributed by atoms with Crippen LogP contribution in [-0.4, -0.2) is 33.9 Å². The molecule has 2 N–H and O–H groups in total. The molecule has 0 unspecified atom stereocenters. The van der Waals surface area contributed by atoms with E-state index in [0.29, 0.717) is 11.3 Å². The molecule has 0 aliphatic carbocycles. The Kier molecular flexibility index (Phi) is 4.40. The maximum atomic E-state index is 12.3. The molecule has 1 heterocycles. The fraction of sp³-hybridized carbons (Fsp3) is 0.312. The Balaban J connectivity index is 2.20. The first kappa shape index (κ1) is 16.5. The van der Waals surface area contributed by atoms with Crippen LogP contribution >= 0.6 is 0 Å². The minimum Gasteiger partial charge on any atom is -0.496 e. The van der Waals surface area contributed by atoms with Gasteiger partial charge in [-0.1, -0.05) is 0 Å². The summed E-state index contributed by atoms with van der Waals surface area (Å²) in [6.45, 7) is 5.95. The number of hydrogen-bond acceptors (Lipinski definition) is 4. The van der Waals surface area contributed by atoms with Gasteiger partial charge in [-0.25, -0.2) is 4.79 Å². The lowest BCUT2D eigenvalue weighted by atomic mass is 10.1. The van der Waals surface area contributed by atoms with Crippen molar-refractivity contribution in [2.45, 2.75) is 26.3 Å². The first-order chi connectivity index (χ1) is 10.7. The van der Waals surface area contributed by atoms with E-state index in [4.69, 9.17) is 9.84 Å². The van der Waals surface area contributed by atoms with Crippen LogP contribution < -0.4 is 10.1 Å². The summed E-state index contributed by atoms with van der Waals surface area (Å²) in [5.74, 6) is -1.24. The van der Waals surface area contributed by atoms with Gasteiger partial charge in [0.15, 0.2) is 0 Å². The first-order valence-corrected chi connectivity index (χ1v) is 7.00. The van der Waals surface area contributed by atoms with Crippen LogP contribution in [0.3, 0.4) is 0 Å². The highest BCUT2D eigenvalue weighted by molar-refractivity contribution is 6.04. The highest BCUT2D eigenvalue weighted by Gasteiger charge is 2.17. The van der Waals surface area contributed by atoms with Crippen molar-refractivity contribution in [1.82, 2.24) is 9.78 Å². The Bertz CT molecular complexity index is 744. The predicted octanol–water partition coefficient (Wildman–Crippen LogP) is 2.60. The first-order valence-electron chi connectivity index (χ1n) is 7.00. The summed E-state index contributed by atoms with van der Waals surface area (Å²) in [4.78, 5) is 23.3. The number of carboxylic acid groups (broad SMARTS) is 1. The maximum absolute atomic E-state index is 12.3. The van der Waals surface area contributed by atoms with E-state index in [1.807, 2.05) is 20.8 Å². The van der Waals surface area contributed by atoms with Crippen molar-refractivity contribution in [2.75, 3.05) is 12.4 Å². The summed E-state index contributed by atoms with van der Waals surface area (Å²) < 4.78 is 6.74. The average Bonchev–Trinajstić information content (AvgIpc) is 2.96. The number of carboxylic acids is 1. The quantitative estimate of drug-likeness (QED) is 0.904. The van der Waals surface area contributed by atoms with Crippen molar-refractivity contribution < 1.29 is 19.4 Å². The summed E-state index contributed by atoms with van der Waals surface area (Å²) in [6, 6.07) is 4.36. The van der Waals surface area contributed by atoms with Crippen LogP contribution in [0.15, 0.2) is 30.6 Å². The molecule has 0 radical (unpaired) electrons. The molecule has 0 saturated carbocycles. The number of rotatable bonds is 4. The van der Waals surface area contributed by atoms with E-state index >= 15 is 0 Å². The number of methoxy groups -OCH3 is 1. The van der Waals surface area contributed by atoms with Crippen LogP contribution in [0.1, 0.15) is 41.5 Å². The molecule has 2 aromatic rings. The highest BCUT2D eigenvalue weighted by Crippen LogP contribution is 2.23. The summed E-state index contributed by atoms with van der Waals surface area (Å²) in [7, 11) is 1.38. The lowest BCUT2D eigenvalue weighted by Crippen LogP contribution is -2.22. The maximum Gasteiger partial charge on any atom is 0.339 e. The molecular formula is C16H19N3O4. The van der Waals surface area contributed by atoms with E-state index in [0.717, 1.165) is 0 Å². The molecule has 0 bridgehead atoms. The van der Waals surface area contributed by atoms with E-state index in [9.17, 15) is 9.59 Å². The Hall–Kier alpha value is -2.83. The molecule has 0 atom stereocenters. The van der Waals surface area contributed by atoms with Gasteiger partial charge in [0.25, 0.3) is 5.91 Å². The van der Waals surface area contributed by atoms with Gasteiger partial charge in [0.2, 0.25) is 0 Å². The number of hydrogen-bond donors (Lipinski definition) is 2. The second-order valence-electron chi connectivity index (χ2n) is 6.02. The molecular weight excluding hydrogens is 298 g/mol. The molecule has 0 aliphatic heterocycles. The van der Waals surface area contributed by atoms with Gasteiger partial charge in [0.05, 0.1) is 24.4 Å². The van der Waals surface area contributed by atoms with Crippen LogP contribution in [0.2, 0.25) is 0 Å². The standard InChI is InChI=1S/C16H19N3O4/c1-16(2,3)19-9-10(8-17-19)14(20)18-11-5-6-12(15(21)22)13(7-11)23-4/h5-9H,1-4H3,(H,18,20)(H,21,22). The van der Waals surface area contributed by atoms with Gasteiger partial charge in [0.1, 0.15) is 11.3 Å². The lowest BCUT2D eigenvalue weighted by molar-refractivity contribution is 0.0693. The number of anilines is 1. The van der Waals surface area contributed by atoms with Crippen molar-refractivity contribution in [3.05, 3.63) is 41.7 Å². The van der Waals surface area contributed by atoms with Gasteiger partial charge in [-0.2, -0.15) is 5.10 Å². The van der Waals surface area contributed by atoms with Crippen molar-refractivity contribution in [2.24, 2.45) is 0 Å². The van der Waals surface area contributed by atoms with E-state index < -0.39 is 5.97 Å². The summed E-state index contributed by atoms with van der Waals surface area (Å²) in [5.41, 5.74) is 0.679. The molecule has 1 amide bonds. The Morgan fingerprint density at radius 3 is 2.52 bits per heavy atom. The lowest BCUT2D eigenvalue weighted by Gasteiger charge is -2.18. The summed E-state index contributed by atoms with van der Waals surface area (Å²) in [6.07, 6.45) is 3.15. The van der Waals surface area contributed by atoms with Crippen molar-refractivity contribution in [3.8, 4) is 5.75 Å². The van der Waals surface area contributed by atoms with Crippen LogP contribution in [0, 0.1) is 0 Å². The Labute approximate surface area is 133 Å². The number of carbonyl (C=O) groups excluding carboxylic acids is 1. The second kappa shape index (κ2) is 6.12. The number of carbonyl (C=O) groups is 2. The van der Waals surface area contributed by atoms with Gasteiger partial charge in [0, 0.05) is 18.0 Å². The zero-order valence-electron chi connectivity index (χ0n) is 13.5. The zero-order valence-corrected chi connectivity index (χ0v) is 13.5. The van der Waals surface area contributed by atoms with Crippen LogP contribution in [-0.2, 0) is 5.54 Å². The van der Waals surface area contributed by atoms with Gasteiger partial charge in [-0.3, -0.25) is 9.48 Å². The minimum atomic E-state index is -1.09.